The van der Waals surface area contributed by atoms with E-state index in [1.165, 1.54) is 21.9 Å². The molecule has 3 rings (SSSR count). The second-order valence-electron chi connectivity index (χ2n) is 5.84. The van der Waals surface area contributed by atoms with Crippen LogP contribution in [0.4, 0.5) is 11.5 Å². The maximum absolute atomic E-state index is 12.6. The number of benzene rings is 2. The number of hydrogen-bond donors (Lipinski definition) is 1. The first-order valence-corrected chi connectivity index (χ1v) is 8.98. The van der Waals surface area contributed by atoms with Gasteiger partial charge in [0.05, 0.1) is 0 Å². The van der Waals surface area contributed by atoms with Gasteiger partial charge in [0.15, 0.2) is 5.16 Å². The van der Waals surface area contributed by atoms with E-state index in [2.05, 4.69) is 27.6 Å². The number of rotatable bonds is 5. The summed E-state index contributed by atoms with van der Waals surface area (Å²) in [4.78, 5) is 12.6. The third-order valence-corrected chi connectivity index (χ3v) is 5.19. The highest BCUT2D eigenvalue weighted by molar-refractivity contribution is 7.98. The molecule has 0 spiro atoms. The maximum Gasteiger partial charge on any atom is 0.297 e. The lowest BCUT2D eigenvalue weighted by atomic mass is 10.1. The average molecular weight is 352 g/mol. The van der Waals surface area contributed by atoms with Gasteiger partial charge in [-0.3, -0.25) is 9.36 Å². The zero-order valence-electron chi connectivity index (χ0n) is 14.5. The van der Waals surface area contributed by atoms with E-state index in [4.69, 9.17) is 0 Å². The van der Waals surface area contributed by atoms with E-state index in [-0.39, 0.29) is 11.4 Å². The summed E-state index contributed by atoms with van der Waals surface area (Å²) in [6.07, 6.45) is 0. The summed E-state index contributed by atoms with van der Waals surface area (Å²) in [5.74, 6) is 0.979. The normalized spacial score (nSPS) is 10.7. The fourth-order valence-electron chi connectivity index (χ4n) is 2.39. The number of nitrogens with zero attached hydrogens (tertiary/aromatic N) is 3. The fourth-order valence-corrected chi connectivity index (χ4v) is 3.25. The summed E-state index contributed by atoms with van der Waals surface area (Å²) in [6.45, 7) is 4.05. The van der Waals surface area contributed by atoms with Crippen LogP contribution in [0.25, 0.3) is 0 Å². The first kappa shape index (κ1) is 17.2. The number of aromatic nitrogens is 3. The van der Waals surface area contributed by atoms with Crippen molar-refractivity contribution in [3.8, 4) is 0 Å². The van der Waals surface area contributed by atoms with E-state index in [1.54, 1.807) is 7.05 Å². The SMILES string of the molecule is Cc1cccc(Nc2nnc(SCc3ccccc3)n(C)c2=O)c1C. The van der Waals surface area contributed by atoms with Gasteiger partial charge in [0.1, 0.15) is 0 Å². The van der Waals surface area contributed by atoms with Crippen LogP contribution >= 0.6 is 11.8 Å². The number of nitrogens with one attached hydrogen (secondary N) is 1. The molecule has 0 unspecified atom stereocenters. The van der Waals surface area contributed by atoms with Crippen molar-refractivity contribution in [2.24, 2.45) is 7.05 Å². The van der Waals surface area contributed by atoms with Crippen LogP contribution < -0.4 is 10.9 Å². The molecular weight excluding hydrogens is 332 g/mol. The molecule has 0 radical (unpaired) electrons. The monoisotopic (exact) mass is 352 g/mol. The summed E-state index contributed by atoms with van der Waals surface area (Å²) in [5.41, 5.74) is 4.11. The van der Waals surface area contributed by atoms with Gasteiger partial charge in [-0.25, -0.2) is 0 Å². The Balaban J connectivity index is 1.80. The molecule has 0 aliphatic rings. The van der Waals surface area contributed by atoms with Crippen molar-refractivity contribution in [2.75, 3.05) is 5.32 Å². The lowest BCUT2D eigenvalue weighted by Gasteiger charge is -2.12. The second-order valence-corrected chi connectivity index (χ2v) is 6.78. The van der Waals surface area contributed by atoms with Crippen LogP contribution in [-0.2, 0) is 12.8 Å². The van der Waals surface area contributed by atoms with Crippen molar-refractivity contribution in [2.45, 2.75) is 24.8 Å². The van der Waals surface area contributed by atoms with Gasteiger partial charge in [-0.15, -0.1) is 10.2 Å². The number of hydrogen-bond acceptors (Lipinski definition) is 5. The molecule has 0 aliphatic heterocycles. The predicted molar refractivity (Wildman–Crippen MR) is 102 cm³/mol. The van der Waals surface area contributed by atoms with Crippen LogP contribution in [-0.4, -0.2) is 14.8 Å². The molecule has 3 aromatic rings. The smallest absolute Gasteiger partial charge is 0.297 e. The minimum Gasteiger partial charge on any atom is -0.334 e. The second kappa shape index (κ2) is 7.53. The Morgan fingerprint density at radius 2 is 1.80 bits per heavy atom. The highest BCUT2D eigenvalue weighted by atomic mass is 32.2. The van der Waals surface area contributed by atoms with Crippen molar-refractivity contribution in [1.29, 1.82) is 0 Å². The molecule has 0 aliphatic carbocycles. The van der Waals surface area contributed by atoms with Crippen molar-refractivity contribution >= 4 is 23.3 Å². The fraction of sp³-hybridized carbons (Fsp3) is 0.211. The largest absolute Gasteiger partial charge is 0.334 e. The summed E-state index contributed by atoms with van der Waals surface area (Å²) < 4.78 is 1.54. The molecule has 0 amide bonds. The highest BCUT2D eigenvalue weighted by Gasteiger charge is 2.11. The Morgan fingerprint density at radius 1 is 1.04 bits per heavy atom. The Hall–Kier alpha value is -2.60. The van der Waals surface area contributed by atoms with Crippen LogP contribution in [0.1, 0.15) is 16.7 Å². The lowest BCUT2D eigenvalue weighted by Crippen LogP contribution is -2.24. The topological polar surface area (TPSA) is 59.8 Å². The standard InChI is InChI=1S/C19H20N4OS/c1-13-8-7-11-16(14(13)2)20-17-18(24)23(3)19(22-21-17)25-12-15-9-5-4-6-10-15/h4-11H,12H2,1-3H3,(H,20,21). The molecule has 1 aromatic heterocycles. The van der Waals surface area contributed by atoms with Gasteiger partial charge in [0.25, 0.3) is 5.56 Å². The molecule has 1 heterocycles. The van der Waals surface area contributed by atoms with E-state index in [0.29, 0.717) is 5.16 Å². The van der Waals surface area contributed by atoms with Crippen LogP contribution in [0, 0.1) is 13.8 Å². The summed E-state index contributed by atoms with van der Waals surface area (Å²) in [5, 5.41) is 12.0. The molecular formula is C19H20N4OS. The van der Waals surface area contributed by atoms with Gasteiger partial charge in [-0.05, 0) is 36.6 Å². The molecule has 0 saturated heterocycles. The Bertz CT molecular complexity index is 938. The molecule has 25 heavy (non-hydrogen) atoms. The Labute approximate surface area is 151 Å². The minimum absolute atomic E-state index is 0.188. The Kier molecular flexibility index (Phi) is 5.19. The molecule has 6 heteroatoms. The molecule has 2 aromatic carbocycles. The molecule has 0 saturated carbocycles. The van der Waals surface area contributed by atoms with Gasteiger partial charge in [0, 0.05) is 18.5 Å². The summed E-state index contributed by atoms with van der Waals surface area (Å²) in [6, 6.07) is 16.0. The van der Waals surface area contributed by atoms with Gasteiger partial charge in [-0.1, -0.05) is 54.2 Å². The quantitative estimate of drug-likeness (QED) is 0.707. The molecule has 5 nitrogen and oxygen atoms in total. The molecule has 0 atom stereocenters. The molecule has 0 bridgehead atoms. The van der Waals surface area contributed by atoms with E-state index in [0.717, 1.165) is 22.6 Å². The van der Waals surface area contributed by atoms with E-state index in [9.17, 15) is 4.79 Å². The van der Waals surface area contributed by atoms with Crippen LogP contribution in [0.15, 0.2) is 58.5 Å². The van der Waals surface area contributed by atoms with Crippen LogP contribution in [0.3, 0.4) is 0 Å². The number of aryl methyl sites for hydroxylation is 1. The summed E-state index contributed by atoms with van der Waals surface area (Å²) in [7, 11) is 1.72. The molecule has 128 valence electrons. The van der Waals surface area contributed by atoms with E-state index < -0.39 is 0 Å². The maximum atomic E-state index is 12.6. The first-order chi connectivity index (χ1) is 12.1. The number of anilines is 2. The van der Waals surface area contributed by atoms with Crippen LogP contribution in [0.2, 0.25) is 0 Å². The Morgan fingerprint density at radius 3 is 2.56 bits per heavy atom. The highest BCUT2D eigenvalue weighted by Crippen LogP contribution is 2.22. The predicted octanol–water partition coefficient (Wildman–Crippen LogP) is 3.83. The minimum atomic E-state index is -0.188. The average Bonchev–Trinajstić information content (AvgIpc) is 2.63. The van der Waals surface area contributed by atoms with Gasteiger partial charge in [0.2, 0.25) is 5.82 Å². The third kappa shape index (κ3) is 3.91. The molecule has 1 N–H and O–H groups in total. The van der Waals surface area contributed by atoms with E-state index >= 15 is 0 Å². The first-order valence-electron chi connectivity index (χ1n) is 8.00. The third-order valence-electron chi connectivity index (χ3n) is 4.10. The van der Waals surface area contributed by atoms with Gasteiger partial charge >= 0.3 is 0 Å². The van der Waals surface area contributed by atoms with Crippen LogP contribution in [0.5, 0.6) is 0 Å². The van der Waals surface area contributed by atoms with Crippen molar-refractivity contribution in [3.63, 3.8) is 0 Å². The zero-order chi connectivity index (χ0) is 17.8. The summed E-state index contributed by atoms with van der Waals surface area (Å²) >= 11 is 1.50. The van der Waals surface area contributed by atoms with Crippen molar-refractivity contribution in [1.82, 2.24) is 14.8 Å². The van der Waals surface area contributed by atoms with Gasteiger partial charge < -0.3 is 5.32 Å². The van der Waals surface area contributed by atoms with Gasteiger partial charge in [-0.2, -0.15) is 0 Å². The lowest BCUT2D eigenvalue weighted by molar-refractivity contribution is 0.666. The van der Waals surface area contributed by atoms with E-state index in [1.807, 2.05) is 50.2 Å². The van der Waals surface area contributed by atoms with Crippen molar-refractivity contribution < 1.29 is 0 Å². The van der Waals surface area contributed by atoms with Crippen molar-refractivity contribution in [3.05, 3.63) is 75.6 Å². The molecule has 0 fully saturated rings. The zero-order valence-corrected chi connectivity index (χ0v) is 15.3. The number of thioether (sulfide) groups is 1.